The van der Waals surface area contributed by atoms with E-state index >= 15 is 0 Å². The highest BCUT2D eigenvalue weighted by molar-refractivity contribution is 5.97. The van der Waals surface area contributed by atoms with Crippen molar-refractivity contribution in [2.24, 2.45) is 0 Å². The van der Waals surface area contributed by atoms with Crippen LogP contribution in [0.3, 0.4) is 0 Å². The first-order valence-electron chi connectivity index (χ1n) is 8.56. The Kier molecular flexibility index (Phi) is 4.16. The van der Waals surface area contributed by atoms with Gasteiger partial charge in [-0.05, 0) is 48.7 Å². The Balaban J connectivity index is 1.45. The van der Waals surface area contributed by atoms with Crippen LogP contribution in [0.4, 0.5) is 5.69 Å². The van der Waals surface area contributed by atoms with Gasteiger partial charge in [0.1, 0.15) is 30.9 Å². The Bertz CT molecular complexity index is 933. The normalized spacial score (nSPS) is 15.4. The molecule has 2 aromatic carbocycles. The van der Waals surface area contributed by atoms with Crippen molar-refractivity contribution < 1.29 is 9.53 Å². The van der Waals surface area contributed by atoms with E-state index in [0.29, 0.717) is 13.2 Å². The molecule has 0 bridgehead atoms. The van der Waals surface area contributed by atoms with E-state index in [0.717, 1.165) is 22.6 Å². The van der Waals surface area contributed by atoms with Gasteiger partial charge < -0.3 is 10.1 Å². The molecule has 1 amide bonds. The van der Waals surface area contributed by atoms with Gasteiger partial charge in [0.15, 0.2) is 0 Å². The number of hydrogen-bond acceptors (Lipinski definition) is 4. The molecule has 0 aliphatic carbocycles. The number of ether oxygens (including phenoxy) is 1. The van der Waals surface area contributed by atoms with E-state index in [4.69, 9.17) is 4.74 Å². The lowest BCUT2D eigenvalue weighted by molar-refractivity contribution is -0.117. The second-order valence-corrected chi connectivity index (χ2v) is 6.62. The summed E-state index contributed by atoms with van der Waals surface area (Å²) in [5.74, 6) is 0.492. The molecular formula is C20H20N4O2. The molecule has 0 fully saturated rings. The highest BCUT2D eigenvalue weighted by Gasteiger charge is 2.31. The second-order valence-electron chi connectivity index (χ2n) is 6.62. The van der Waals surface area contributed by atoms with Gasteiger partial charge in [-0.1, -0.05) is 18.2 Å². The molecule has 2 heterocycles. The standard InChI is InChI=1S/C20H20N4O2/c1-13-7-17-18(10-26-19(17)8-14(13)2)20(25)23-16-5-3-15(4-6-16)9-24-12-21-11-22-24/h3-8,11-12,18H,9-10H2,1-2H3,(H,23,25). The smallest absolute Gasteiger partial charge is 0.235 e. The largest absolute Gasteiger partial charge is 0.492 e. The zero-order valence-electron chi connectivity index (χ0n) is 14.8. The lowest BCUT2D eigenvalue weighted by atomic mass is 9.96. The van der Waals surface area contributed by atoms with E-state index in [2.05, 4.69) is 28.4 Å². The molecule has 0 spiro atoms. The number of nitrogens with one attached hydrogen (secondary N) is 1. The Hall–Kier alpha value is -3.15. The average molecular weight is 348 g/mol. The number of amides is 1. The topological polar surface area (TPSA) is 69.0 Å². The summed E-state index contributed by atoms with van der Waals surface area (Å²) >= 11 is 0. The third-order valence-electron chi connectivity index (χ3n) is 4.76. The van der Waals surface area contributed by atoms with Gasteiger partial charge >= 0.3 is 0 Å². The van der Waals surface area contributed by atoms with Crippen LogP contribution in [-0.2, 0) is 11.3 Å². The van der Waals surface area contributed by atoms with Gasteiger partial charge in [-0.25, -0.2) is 9.67 Å². The number of aromatic nitrogens is 3. The fraction of sp³-hybridized carbons (Fsp3) is 0.250. The molecule has 1 aliphatic heterocycles. The van der Waals surface area contributed by atoms with Crippen LogP contribution in [0.1, 0.15) is 28.2 Å². The summed E-state index contributed by atoms with van der Waals surface area (Å²) in [6, 6.07) is 11.8. The molecular weight excluding hydrogens is 328 g/mol. The summed E-state index contributed by atoms with van der Waals surface area (Å²) in [4.78, 5) is 16.6. The van der Waals surface area contributed by atoms with E-state index in [1.807, 2.05) is 37.3 Å². The van der Waals surface area contributed by atoms with Crippen molar-refractivity contribution >= 4 is 11.6 Å². The van der Waals surface area contributed by atoms with Crippen molar-refractivity contribution in [2.45, 2.75) is 26.3 Å². The van der Waals surface area contributed by atoms with Crippen molar-refractivity contribution in [3.63, 3.8) is 0 Å². The van der Waals surface area contributed by atoms with Crippen LogP contribution < -0.4 is 10.1 Å². The van der Waals surface area contributed by atoms with Gasteiger partial charge in [0.05, 0.1) is 6.54 Å². The first kappa shape index (κ1) is 16.3. The van der Waals surface area contributed by atoms with Crippen LogP contribution >= 0.6 is 0 Å². The summed E-state index contributed by atoms with van der Waals surface area (Å²) in [5, 5.41) is 7.08. The lowest BCUT2D eigenvalue weighted by Gasteiger charge is -2.12. The number of carbonyl (C=O) groups excluding carboxylic acids is 1. The highest BCUT2D eigenvalue weighted by atomic mass is 16.5. The molecule has 1 atom stereocenters. The summed E-state index contributed by atoms with van der Waals surface area (Å²) in [6.07, 6.45) is 3.19. The predicted octanol–water partition coefficient (Wildman–Crippen LogP) is 3.06. The Morgan fingerprint density at radius 2 is 2.00 bits per heavy atom. The molecule has 0 radical (unpaired) electrons. The van der Waals surface area contributed by atoms with Crippen LogP contribution in [0.5, 0.6) is 5.75 Å². The fourth-order valence-corrected chi connectivity index (χ4v) is 3.11. The molecule has 1 unspecified atom stereocenters. The van der Waals surface area contributed by atoms with Crippen LogP contribution in [0.15, 0.2) is 49.1 Å². The fourth-order valence-electron chi connectivity index (χ4n) is 3.11. The number of fused-ring (bicyclic) bond motifs is 1. The number of carbonyl (C=O) groups is 1. The van der Waals surface area contributed by atoms with Crippen LogP contribution in [0, 0.1) is 13.8 Å². The molecule has 4 rings (SSSR count). The molecule has 1 N–H and O–H groups in total. The first-order valence-corrected chi connectivity index (χ1v) is 8.56. The molecule has 0 saturated heterocycles. The molecule has 3 aromatic rings. The number of aryl methyl sites for hydroxylation is 2. The van der Waals surface area contributed by atoms with Crippen LogP contribution in [0.2, 0.25) is 0 Å². The van der Waals surface area contributed by atoms with Gasteiger partial charge in [0.2, 0.25) is 5.91 Å². The van der Waals surface area contributed by atoms with E-state index in [1.165, 1.54) is 17.5 Å². The third kappa shape index (κ3) is 3.18. The zero-order chi connectivity index (χ0) is 18.1. The molecule has 1 aliphatic rings. The highest BCUT2D eigenvalue weighted by Crippen LogP contribution is 2.36. The maximum Gasteiger partial charge on any atom is 0.235 e. The molecule has 26 heavy (non-hydrogen) atoms. The van der Waals surface area contributed by atoms with E-state index in [1.54, 1.807) is 11.0 Å². The number of benzene rings is 2. The van der Waals surface area contributed by atoms with Gasteiger partial charge in [-0.2, -0.15) is 5.10 Å². The van der Waals surface area contributed by atoms with Crippen molar-refractivity contribution in [1.29, 1.82) is 0 Å². The number of nitrogens with zero attached hydrogens (tertiary/aromatic N) is 3. The molecule has 6 heteroatoms. The van der Waals surface area contributed by atoms with Crippen LogP contribution in [-0.4, -0.2) is 27.3 Å². The monoisotopic (exact) mass is 348 g/mol. The maximum atomic E-state index is 12.7. The summed E-state index contributed by atoms with van der Waals surface area (Å²) in [6.45, 7) is 5.13. The predicted molar refractivity (Wildman–Crippen MR) is 98.3 cm³/mol. The Labute approximate surface area is 151 Å². The summed E-state index contributed by atoms with van der Waals surface area (Å²) in [5.41, 5.74) is 5.18. The number of anilines is 1. The van der Waals surface area contributed by atoms with Crippen molar-refractivity contribution in [1.82, 2.24) is 14.8 Å². The summed E-state index contributed by atoms with van der Waals surface area (Å²) < 4.78 is 7.46. The minimum absolute atomic E-state index is 0.0453. The Morgan fingerprint density at radius 1 is 1.23 bits per heavy atom. The zero-order valence-corrected chi connectivity index (χ0v) is 14.8. The average Bonchev–Trinajstić information content (AvgIpc) is 3.27. The SMILES string of the molecule is Cc1cc2c(cc1C)C(C(=O)Nc1ccc(Cn3cncn3)cc1)CO2. The lowest BCUT2D eigenvalue weighted by Crippen LogP contribution is -2.22. The summed E-state index contributed by atoms with van der Waals surface area (Å²) in [7, 11) is 0. The molecule has 0 saturated carbocycles. The van der Waals surface area contributed by atoms with Crippen molar-refractivity contribution in [2.75, 3.05) is 11.9 Å². The van der Waals surface area contributed by atoms with Gasteiger partial charge in [-0.15, -0.1) is 0 Å². The van der Waals surface area contributed by atoms with E-state index in [-0.39, 0.29) is 11.8 Å². The van der Waals surface area contributed by atoms with Crippen LogP contribution in [0.25, 0.3) is 0 Å². The first-order chi connectivity index (χ1) is 12.6. The molecule has 132 valence electrons. The van der Waals surface area contributed by atoms with Crippen molar-refractivity contribution in [3.8, 4) is 5.75 Å². The van der Waals surface area contributed by atoms with Crippen molar-refractivity contribution in [3.05, 3.63) is 71.3 Å². The van der Waals surface area contributed by atoms with E-state index in [9.17, 15) is 4.79 Å². The minimum atomic E-state index is -0.279. The van der Waals surface area contributed by atoms with Gasteiger partial charge in [0, 0.05) is 11.3 Å². The number of hydrogen-bond donors (Lipinski definition) is 1. The van der Waals surface area contributed by atoms with Gasteiger partial charge in [-0.3, -0.25) is 4.79 Å². The van der Waals surface area contributed by atoms with E-state index < -0.39 is 0 Å². The minimum Gasteiger partial charge on any atom is -0.492 e. The molecule has 6 nitrogen and oxygen atoms in total. The quantitative estimate of drug-likeness (QED) is 0.787. The third-order valence-corrected chi connectivity index (χ3v) is 4.76. The maximum absolute atomic E-state index is 12.7. The van der Waals surface area contributed by atoms with Gasteiger partial charge in [0.25, 0.3) is 0 Å². The number of rotatable bonds is 4. The Morgan fingerprint density at radius 3 is 2.73 bits per heavy atom. The molecule has 1 aromatic heterocycles. The second kappa shape index (κ2) is 6.63.